The zero-order chi connectivity index (χ0) is 23.3. The van der Waals surface area contributed by atoms with Gasteiger partial charge in [-0.2, -0.15) is 0 Å². The normalized spacial score (nSPS) is 25.8. The zero-order valence-electron chi connectivity index (χ0n) is 18.7. The number of hydrogen-bond donors (Lipinski definition) is 1. The van der Waals surface area contributed by atoms with Crippen LogP contribution in [0.15, 0.2) is 35.1 Å². The summed E-state index contributed by atoms with van der Waals surface area (Å²) in [5.41, 5.74) is 2.22. The zero-order valence-corrected chi connectivity index (χ0v) is 20.2. The third-order valence-corrected chi connectivity index (χ3v) is 7.50. The smallest absolute Gasteiger partial charge is 0.313 e. The van der Waals surface area contributed by atoms with Crippen LogP contribution in [0.2, 0.25) is 10.0 Å². The van der Waals surface area contributed by atoms with Gasteiger partial charge in [-0.1, -0.05) is 29.3 Å². The quantitative estimate of drug-likeness (QED) is 0.677. The fourth-order valence-corrected chi connectivity index (χ4v) is 5.15. The number of benzene rings is 1. The Morgan fingerprint density at radius 1 is 1.06 bits per heavy atom. The number of guanidine groups is 1. The number of nitrogens with zero attached hydrogens (tertiary/aromatic N) is 6. The molecule has 4 aliphatic rings. The van der Waals surface area contributed by atoms with Crippen LogP contribution in [0.4, 0.5) is 4.79 Å². The van der Waals surface area contributed by atoms with Gasteiger partial charge in [0.05, 0.1) is 10.0 Å². The first kappa shape index (κ1) is 22.5. The Balaban J connectivity index is 1.15. The molecule has 4 heterocycles. The molecular weight excluding hydrogens is 465 g/mol. The van der Waals surface area contributed by atoms with Crippen LogP contribution >= 0.6 is 23.2 Å². The number of rotatable bonds is 5. The second kappa shape index (κ2) is 8.79. The molecule has 0 aliphatic carbocycles. The van der Waals surface area contributed by atoms with Gasteiger partial charge in [-0.05, 0) is 24.6 Å². The Morgan fingerprint density at radius 2 is 1.79 bits per heavy atom. The third-order valence-electron chi connectivity index (χ3n) is 6.76. The maximum atomic E-state index is 12.4. The summed E-state index contributed by atoms with van der Waals surface area (Å²) >= 11 is 12.2. The molecule has 176 valence electrons. The number of allylic oxidation sites excluding steroid dienone is 1. The first-order chi connectivity index (χ1) is 15.8. The molecule has 2 saturated heterocycles. The number of fused-ring (bicyclic) bond motifs is 3. The molecule has 5 rings (SSSR count). The van der Waals surface area contributed by atoms with Crippen LogP contribution < -0.4 is 5.32 Å². The van der Waals surface area contributed by atoms with Crippen molar-refractivity contribution in [1.82, 2.24) is 29.8 Å². The summed E-state index contributed by atoms with van der Waals surface area (Å²) in [6.07, 6.45) is 1.47. The van der Waals surface area contributed by atoms with E-state index in [0.717, 1.165) is 57.5 Å². The van der Waals surface area contributed by atoms with E-state index in [1.165, 1.54) is 10.5 Å². The summed E-state index contributed by atoms with van der Waals surface area (Å²) < 4.78 is 0. The van der Waals surface area contributed by atoms with Gasteiger partial charge in [0.15, 0.2) is 12.2 Å². The summed E-state index contributed by atoms with van der Waals surface area (Å²) in [7, 11) is 1.67. The van der Waals surface area contributed by atoms with Crippen molar-refractivity contribution in [3.63, 3.8) is 0 Å². The van der Waals surface area contributed by atoms with E-state index in [0.29, 0.717) is 10.0 Å². The summed E-state index contributed by atoms with van der Waals surface area (Å²) in [6, 6.07) is 4.91. The number of aliphatic imine (C=N–C) groups is 1. The van der Waals surface area contributed by atoms with Crippen molar-refractivity contribution in [2.75, 3.05) is 46.3 Å². The molecule has 0 spiro atoms. The first-order valence-corrected chi connectivity index (χ1v) is 11.9. The number of halogens is 2. The molecular formula is C22H27Cl2N7O2. The van der Waals surface area contributed by atoms with Gasteiger partial charge in [0, 0.05) is 64.8 Å². The number of urea groups is 1. The summed E-state index contributed by atoms with van der Waals surface area (Å²) in [5.74, 6) is 0.447. The van der Waals surface area contributed by atoms with Crippen molar-refractivity contribution in [1.29, 1.82) is 0 Å². The molecule has 3 amide bonds. The number of amides is 3. The summed E-state index contributed by atoms with van der Waals surface area (Å²) in [6.45, 7) is 8.51. The number of piperazine rings is 1. The summed E-state index contributed by atoms with van der Waals surface area (Å²) in [5, 5.41) is 3.59. The molecule has 0 saturated carbocycles. The number of carbonyl (C=O) groups excluding carboxylic acids is 2. The molecule has 33 heavy (non-hydrogen) atoms. The minimum absolute atomic E-state index is 0.300. The lowest BCUT2D eigenvalue weighted by Crippen LogP contribution is -2.62. The Kier molecular flexibility index (Phi) is 5.98. The highest BCUT2D eigenvalue weighted by Crippen LogP contribution is 2.31. The van der Waals surface area contributed by atoms with Crippen LogP contribution in [0.3, 0.4) is 0 Å². The monoisotopic (exact) mass is 491 g/mol. The topological polar surface area (TPSA) is 74.7 Å². The lowest BCUT2D eigenvalue weighted by Gasteiger charge is -2.35. The molecule has 2 atom stereocenters. The Morgan fingerprint density at radius 3 is 2.52 bits per heavy atom. The Labute approximate surface area is 203 Å². The SMILES string of the molecule is CC1=CN2C(=NC3C2C(=O)NC(=O)N3C)N1CCN1CCN(Cc2ccc(Cl)c(Cl)c2)CC1. The van der Waals surface area contributed by atoms with Crippen molar-refractivity contribution in [2.24, 2.45) is 4.99 Å². The predicted octanol–water partition coefficient (Wildman–Crippen LogP) is 1.84. The van der Waals surface area contributed by atoms with E-state index in [9.17, 15) is 9.59 Å². The second-order valence-corrected chi connectivity index (χ2v) is 9.70. The van der Waals surface area contributed by atoms with E-state index in [4.69, 9.17) is 28.2 Å². The molecule has 0 aromatic heterocycles. The van der Waals surface area contributed by atoms with Crippen LogP contribution in [-0.2, 0) is 11.3 Å². The third kappa shape index (κ3) is 4.19. The Hall–Kier alpha value is -2.33. The molecule has 0 radical (unpaired) electrons. The van der Waals surface area contributed by atoms with E-state index in [1.807, 2.05) is 36.2 Å². The van der Waals surface area contributed by atoms with Crippen molar-refractivity contribution >= 4 is 41.1 Å². The van der Waals surface area contributed by atoms with Crippen molar-refractivity contribution < 1.29 is 9.59 Å². The maximum Gasteiger partial charge on any atom is 0.325 e. The molecule has 0 bridgehead atoms. The molecule has 11 heteroatoms. The fourth-order valence-electron chi connectivity index (χ4n) is 4.83. The lowest BCUT2D eigenvalue weighted by molar-refractivity contribution is -0.126. The van der Waals surface area contributed by atoms with Crippen LogP contribution in [0.1, 0.15) is 12.5 Å². The second-order valence-electron chi connectivity index (χ2n) is 8.89. The van der Waals surface area contributed by atoms with Gasteiger partial charge in [0.2, 0.25) is 5.96 Å². The van der Waals surface area contributed by atoms with Crippen LogP contribution in [-0.4, -0.2) is 101 Å². The van der Waals surface area contributed by atoms with E-state index < -0.39 is 18.2 Å². The molecule has 2 unspecified atom stereocenters. The van der Waals surface area contributed by atoms with Crippen LogP contribution in [0.5, 0.6) is 0 Å². The summed E-state index contributed by atoms with van der Waals surface area (Å²) in [4.78, 5) is 39.6. The van der Waals surface area contributed by atoms with Gasteiger partial charge in [-0.3, -0.25) is 19.9 Å². The van der Waals surface area contributed by atoms with Gasteiger partial charge < -0.3 is 14.7 Å². The maximum absolute atomic E-state index is 12.4. The van der Waals surface area contributed by atoms with Crippen LogP contribution in [0, 0.1) is 0 Å². The molecule has 1 N–H and O–H groups in total. The minimum atomic E-state index is -0.507. The van der Waals surface area contributed by atoms with Crippen LogP contribution in [0.25, 0.3) is 0 Å². The van der Waals surface area contributed by atoms with E-state index in [-0.39, 0.29) is 5.91 Å². The average Bonchev–Trinajstić information content (AvgIpc) is 3.29. The fraction of sp³-hybridized carbons (Fsp3) is 0.500. The number of hydrogen-bond acceptors (Lipinski definition) is 7. The molecule has 4 aliphatic heterocycles. The highest BCUT2D eigenvalue weighted by molar-refractivity contribution is 6.42. The minimum Gasteiger partial charge on any atom is -0.313 e. The van der Waals surface area contributed by atoms with Gasteiger partial charge in [0.25, 0.3) is 5.91 Å². The van der Waals surface area contributed by atoms with Gasteiger partial charge in [-0.15, -0.1) is 0 Å². The van der Waals surface area contributed by atoms with Crippen molar-refractivity contribution in [2.45, 2.75) is 25.7 Å². The van der Waals surface area contributed by atoms with E-state index in [2.05, 4.69) is 20.0 Å². The van der Waals surface area contributed by atoms with Gasteiger partial charge in [-0.25, -0.2) is 9.79 Å². The number of likely N-dealkylation sites (N-methyl/N-ethyl adjacent to an activating group) is 1. The molecule has 1 aromatic rings. The lowest BCUT2D eigenvalue weighted by atomic mass is 10.1. The highest BCUT2D eigenvalue weighted by Gasteiger charge is 2.51. The number of imide groups is 1. The number of nitrogens with one attached hydrogen (secondary N) is 1. The first-order valence-electron chi connectivity index (χ1n) is 11.1. The molecule has 1 aromatic carbocycles. The largest absolute Gasteiger partial charge is 0.325 e. The van der Waals surface area contributed by atoms with E-state index in [1.54, 1.807) is 7.05 Å². The predicted molar refractivity (Wildman–Crippen MR) is 127 cm³/mol. The Bertz CT molecular complexity index is 1040. The average molecular weight is 492 g/mol. The van der Waals surface area contributed by atoms with Gasteiger partial charge >= 0.3 is 6.03 Å². The van der Waals surface area contributed by atoms with Crippen molar-refractivity contribution in [3.05, 3.63) is 45.7 Å². The molecule has 9 nitrogen and oxygen atoms in total. The highest BCUT2D eigenvalue weighted by atomic mass is 35.5. The number of carbonyl (C=O) groups is 2. The molecule has 2 fully saturated rings. The van der Waals surface area contributed by atoms with Gasteiger partial charge in [0.1, 0.15) is 0 Å². The van der Waals surface area contributed by atoms with E-state index >= 15 is 0 Å². The van der Waals surface area contributed by atoms with Crippen molar-refractivity contribution in [3.8, 4) is 0 Å². The standard InChI is InChI=1S/C22H27Cl2N7O2/c1-14-12-31-18-19(27(2)22(33)26-20(18)32)25-21(31)30(14)10-9-28-5-7-29(8-6-28)13-15-3-4-16(23)17(24)11-15/h3-4,11-12,18-19H,5-10,13H2,1-2H3,(H,26,32,33).